The van der Waals surface area contributed by atoms with Crippen molar-refractivity contribution in [2.45, 2.75) is 51.5 Å². The Morgan fingerprint density at radius 2 is 2.12 bits per heavy atom. The molecular weight excluding hydrogens is 422 g/mol. The summed E-state index contributed by atoms with van der Waals surface area (Å²) in [4.78, 5) is 23.9. The molecule has 2 atom stereocenters. The van der Waals surface area contributed by atoms with Gasteiger partial charge in [0.1, 0.15) is 11.2 Å². The van der Waals surface area contributed by atoms with Crippen LogP contribution in [0.2, 0.25) is 0 Å². The standard InChI is InChI=1S/C23H29N7O3/c1-4-29-13-26-17-8-15(7-16(10-33-3)20(17)29)18-19-21(25-12-24-19)28-22(27-18)30-6-5-23(32,11-31)9-14(30)2/h7-8,12-14,31-32H,4-6,9-11H2,1-3H3,(H,24,25,27,28). The number of imidazole rings is 2. The van der Waals surface area contributed by atoms with Crippen LogP contribution in [0.15, 0.2) is 24.8 Å². The van der Waals surface area contributed by atoms with Gasteiger partial charge in [-0.05, 0) is 38.8 Å². The van der Waals surface area contributed by atoms with Crippen molar-refractivity contribution in [3.8, 4) is 11.3 Å². The number of piperidine rings is 1. The Bertz CT molecular complexity index is 1300. The molecule has 3 aromatic heterocycles. The first-order chi connectivity index (χ1) is 16.0. The van der Waals surface area contributed by atoms with Crippen LogP contribution < -0.4 is 4.90 Å². The molecule has 0 amide bonds. The number of hydrogen-bond donors (Lipinski definition) is 3. The van der Waals surface area contributed by atoms with Crippen LogP contribution in [0.3, 0.4) is 0 Å². The fourth-order valence-electron chi connectivity index (χ4n) is 4.85. The summed E-state index contributed by atoms with van der Waals surface area (Å²) in [5.74, 6) is 0.571. The Balaban J connectivity index is 1.63. The van der Waals surface area contributed by atoms with Crippen LogP contribution in [0.5, 0.6) is 0 Å². The second-order valence-corrected chi connectivity index (χ2v) is 8.82. The van der Waals surface area contributed by atoms with Gasteiger partial charge in [0.25, 0.3) is 0 Å². The second kappa shape index (κ2) is 8.36. The van der Waals surface area contributed by atoms with Crippen molar-refractivity contribution in [2.24, 2.45) is 0 Å². The molecule has 0 bridgehead atoms. The van der Waals surface area contributed by atoms with E-state index < -0.39 is 5.60 Å². The Hall–Kier alpha value is -3.08. The monoisotopic (exact) mass is 451 g/mol. The number of aliphatic hydroxyl groups excluding tert-OH is 1. The molecule has 33 heavy (non-hydrogen) atoms. The third-order valence-corrected chi connectivity index (χ3v) is 6.55. The highest BCUT2D eigenvalue weighted by Gasteiger charge is 2.37. The molecule has 1 fully saturated rings. The highest BCUT2D eigenvalue weighted by molar-refractivity contribution is 5.92. The Kier molecular flexibility index (Phi) is 5.51. The van der Waals surface area contributed by atoms with Gasteiger partial charge >= 0.3 is 0 Å². The number of aromatic nitrogens is 6. The molecule has 5 rings (SSSR count). The maximum Gasteiger partial charge on any atom is 0.228 e. The number of nitrogens with zero attached hydrogens (tertiary/aromatic N) is 6. The lowest BCUT2D eigenvalue weighted by Crippen LogP contribution is -2.51. The molecule has 0 radical (unpaired) electrons. The zero-order chi connectivity index (χ0) is 23.2. The van der Waals surface area contributed by atoms with E-state index in [1.54, 1.807) is 13.4 Å². The number of H-pyrrole nitrogens is 1. The van der Waals surface area contributed by atoms with Crippen molar-refractivity contribution in [1.82, 2.24) is 29.5 Å². The normalized spacial score (nSPS) is 21.4. The van der Waals surface area contributed by atoms with Crippen molar-refractivity contribution in [3.05, 3.63) is 30.4 Å². The number of aromatic amines is 1. The molecule has 174 valence electrons. The average molecular weight is 452 g/mol. The number of rotatable bonds is 6. The zero-order valence-corrected chi connectivity index (χ0v) is 19.1. The van der Waals surface area contributed by atoms with Crippen LogP contribution >= 0.6 is 0 Å². The number of anilines is 1. The molecule has 10 heteroatoms. The lowest BCUT2D eigenvalue weighted by Gasteiger charge is -2.41. The Morgan fingerprint density at radius 3 is 2.85 bits per heavy atom. The first-order valence-corrected chi connectivity index (χ1v) is 11.2. The molecule has 0 aliphatic carbocycles. The molecule has 3 N–H and O–H groups in total. The summed E-state index contributed by atoms with van der Waals surface area (Å²) in [5, 5.41) is 20.1. The molecule has 10 nitrogen and oxygen atoms in total. The van der Waals surface area contributed by atoms with Crippen molar-refractivity contribution in [2.75, 3.05) is 25.2 Å². The molecule has 2 unspecified atom stereocenters. The number of hydrogen-bond acceptors (Lipinski definition) is 8. The number of benzene rings is 1. The van der Waals surface area contributed by atoms with Gasteiger partial charge in [-0.15, -0.1) is 0 Å². The summed E-state index contributed by atoms with van der Waals surface area (Å²) in [6, 6.07) is 4.09. The number of methoxy groups -OCH3 is 1. The molecule has 1 aliphatic heterocycles. The molecule has 1 aliphatic rings. The van der Waals surface area contributed by atoms with E-state index in [0.29, 0.717) is 43.1 Å². The summed E-state index contributed by atoms with van der Waals surface area (Å²) >= 11 is 0. The van der Waals surface area contributed by atoms with Crippen molar-refractivity contribution < 1.29 is 14.9 Å². The fourth-order valence-corrected chi connectivity index (χ4v) is 4.85. The minimum absolute atomic E-state index is 0.0316. The second-order valence-electron chi connectivity index (χ2n) is 8.82. The number of nitrogens with one attached hydrogen (secondary N) is 1. The van der Waals surface area contributed by atoms with Crippen LogP contribution in [-0.2, 0) is 17.9 Å². The van der Waals surface area contributed by atoms with Crippen molar-refractivity contribution in [1.29, 1.82) is 0 Å². The number of aryl methyl sites for hydroxylation is 1. The summed E-state index contributed by atoms with van der Waals surface area (Å²) in [6.45, 7) is 5.69. The number of ether oxygens (including phenoxy) is 1. The van der Waals surface area contributed by atoms with E-state index in [-0.39, 0.29) is 12.6 Å². The van der Waals surface area contributed by atoms with Gasteiger partial charge in [0.05, 0.1) is 42.5 Å². The van der Waals surface area contributed by atoms with E-state index in [1.807, 2.05) is 19.3 Å². The van der Waals surface area contributed by atoms with Crippen LogP contribution in [0.25, 0.3) is 33.5 Å². The predicted molar refractivity (Wildman–Crippen MR) is 125 cm³/mol. The minimum atomic E-state index is -1.06. The smallest absolute Gasteiger partial charge is 0.228 e. The van der Waals surface area contributed by atoms with E-state index in [9.17, 15) is 10.2 Å². The third-order valence-electron chi connectivity index (χ3n) is 6.55. The maximum atomic E-state index is 10.5. The highest BCUT2D eigenvalue weighted by Crippen LogP contribution is 2.34. The van der Waals surface area contributed by atoms with Crippen LogP contribution in [0, 0.1) is 0 Å². The van der Waals surface area contributed by atoms with Gasteiger partial charge in [0.15, 0.2) is 5.65 Å². The van der Waals surface area contributed by atoms with Crippen molar-refractivity contribution in [3.63, 3.8) is 0 Å². The van der Waals surface area contributed by atoms with Gasteiger partial charge in [-0.2, -0.15) is 4.98 Å². The quantitative estimate of drug-likeness (QED) is 0.408. The van der Waals surface area contributed by atoms with Crippen LogP contribution in [-0.4, -0.2) is 71.6 Å². The zero-order valence-electron chi connectivity index (χ0n) is 19.1. The fraction of sp³-hybridized carbons (Fsp3) is 0.478. The molecule has 1 saturated heterocycles. The Labute approximate surface area is 191 Å². The summed E-state index contributed by atoms with van der Waals surface area (Å²) in [5.41, 5.74) is 4.87. The van der Waals surface area contributed by atoms with Crippen molar-refractivity contribution >= 4 is 28.1 Å². The van der Waals surface area contributed by atoms with Gasteiger partial charge in [-0.25, -0.2) is 15.0 Å². The first-order valence-electron chi connectivity index (χ1n) is 11.2. The Morgan fingerprint density at radius 1 is 1.27 bits per heavy atom. The average Bonchev–Trinajstić information content (AvgIpc) is 3.45. The topological polar surface area (TPSA) is 125 Å². The summed E-state index contributed by atoms with van der Waals surface area (Å²) < 4.78 is 7.60. The van der Waals surface area contributed by atoms with E-state index in [2.05, 4.69) is 37.4 Å². The third kappa shape index (κ3) is 3.73. The van der Waals surface area contributed by atoms with E-state index >= 15 is 0 Å². The van der Waals surface area contributed by atoms with E-state index in [4.69, 9.17) is 14.7 Å². The van der Waals surface area contributed by atoms with Gasteiger partial charge in [0.2, 0.25) is 5.95 Å². The van der Waals surface area contributed by atoms with Gasteiger partial charge < -0.3 is 29.4 Å². The summed E-state index contributed by atoms with van der Waals surface area (Å²) in [6.07, 6.45) is 4.37. The minimum Gasteiger partial charge on any atom is -0.393 e. The molecule has 4 heterocycles. The lowest BCUT2D eigenvalue weighted by atomic mass is 9.88. The maximum absolute atomic E-state index is 10.5. The van der Waals surface area contributed by atoms with Crippen LogP contribution in [0.1, 0.15) is 32.3 Å². The largest absolute Gasteiger partial charge is 0.393 e. The van der Waals surface area contributed by atoms with E-state index in [1.165, 1.54) is 0 Å². The lowest BCUT2D eigenvalue weighted by molar-refractivity contribution is -0.0406. The molecule has 4 aromatic rings. The summed E-state index contributed by atoms with van der Waals surface area (Å²) in [7, 11) is 1.69. The SMILES string of the molecule is CCn1cnc2cc(-c3nc(N4CCC(O)(CO)CC4C)nc4[nH]cnc34)cc(COC)c21. The first kappa shape index (κ1) is 21.7. The molecule has 1 aromatic carbocycles. The molecular formula is C23H29N7O3. The van der Waals surface area contributed by atoms with Gasteiger partial charge in [0, 0.05) is 37.4 Å². The predicted octanol–water partition coefficient (Wildman–Crippen LogP) is 2.25. The molecule has 0 spiro atoms. The number of fused-ring (bicyclic) bond motifs is 2. The highest BCUT2D eigenvalue weighted by atomic mass is 16.5. The van der Waals surface area contributed by atoms with Gasteiger partial charge in [-0.3, -0.25) is 0 Å². The number of aliphatic hydroxyl groups is 2. The van der Waals surface area contributed by atoms with Crippen LogP contribution in [0.4, 0.5) is 5.95 Å². The molecule has 0 saturated carbocycles. The van der Waals surface area contributed by atoms with Gasteiger partial charge in [-0.1, -0.05) is 0 Å². The van der Waals surface area contributed by atoms with E-state index in [0.717, 1.165) is 34.4 Å².